The summed E-state index contributed by atoms with van der Waals surface area (Å²) in [4.78, 5) is 15.3. The van der Waals surface area contributed by atoms with E-state index in [0.29, 0.717) is 12.2 Å². The molecule has 1 saturated heterocycles. The lowest BCUT2D eigenvalue weighted by atomic mass is 10.2. The lowest BCUT2D eigenvalue weighted by Crippen LogP contribution is -2.46. The number of anilines is 1. The van der Waals surface area contributed by atoms with Crippen LogP contribution in [0.1, 0.15) is 25.6 Å². The number of para-hydroxylation sites is 2. The molecule has 1 aromatic heterocycles. The molecule has 0 spiro atoms. The number of tetrazole rings is 1. The van der Waals surface area contributed by atoms with Gasteiger partial charge in [-0.05, 0) is 22.9 Å². The van der Waals surface area contributed by atoms with Crippen LogP contribution in [0.4, 0.5) is 11.4 Å². The van der Waals surface area contributed by atoms with Crippen molar-refractivity contribution in [3.63, 3.8) is 0 Å². The third-order valence-corrected chi connectivity index (χ3v) is 4.49. The number of nitrogens with zero attached hydrogens (tertiary/aromatic N) is 7. The van der Waals surface area contributed by atoms with E-state index >= 15 is 0 Å². The summed E-state index contributed by atoms with van der Waals surface area (Å²) in [6.45, 7) is 6.85. The number of hydrogen-bond donors (Lipinski definition) is 0. The molecule has 0 saturated carbocycles. The van der Waals surface area contributed by atoms with Crippen LogP contribution in [-0.4, -0.2) is 56.2 Å². The van der Waals surface area contributed by atoms with E-state index in [1.54, 1.807) is 12.1 Å². The summed E-state index contributed by atoms with van der Waals surface area (Å²) in [6, 6.07) is 6.92. The molecule has 2 aromatic rings. The second-order valence-electron chi connectivity index (χ2n) is 6.18. The van der Waals surface area contributed by atoms with E-state index in [1.807, 2.05) is 16.8 Å². The van der Waals surface area contributed by atoms with Gasteiger partial charge in [0.25, 0.3) is 5.69 Å². The number of rotatable bonds is 7. The van der Waals surface area contributed by atoms with Gasteiger partial charge in [-0.3, -0.25) is 15.0 Å². The van der Waals surface area contributed by atoms with Gasteiger partial charge in [-0.2, -0.15) is 0 Å². The van der Waals surface area contributed by atoms with Crippen LogP contribution in [0.15, 0.2) is 24.3 Å². The van der Waals surface area contributed by atoms with Crippen LogP contribution in [0, 0.1) is 10.1 Å². The third-order valence-electron chi connectivity index (χ3n) is 4.49. The van der Waals surface area contributed by atoms with Crippen LogP contribution >= 0.6 is 0 Å². The standard InChI is InChI=1S/C16H23N7O2/c1-2-3-8-22-16(17-18-19-22)13-20-9-11-21(12-10-20)14-6-4-5-7-15(14)23(24)25/h4-7H,2-3,8-13H2,1H3. The van der Waals surface area contributed by atoms with E-state index in [4.69, 9.17) is 0 Å². The Morgan fingerprint density at radius 3 is 2.68 bits per heavy atom. The van der Waals surface area contributed by atoms with Crippen molar-refractivity contribution in [1.29, 1.82) is 0 Å². The first-order valence-corrected chi connectivity index (χ1v) is 8.64. The number of aromatic nitrogens is 4. The molecule has 0 aliphatic carbocycles. The quantitative estimate of drug-likeness (QED) is 0.557. The summed E-state index contributed by atoms with van der Waals surface area (Å²) >= 11 is 0. The summed E-state index contributed by atoms with van der Waals surface area (Å²) < 4.78 is 1.87. The number of aryl methyl sites for hydroxylation is 1. The van der Waals surface area contributed by atoms with Crippen LogP contribution in [-0.2, 0) is 13.1 Å². The molecule has 0 N–H and O–H groups in total. The fourth-order valence-electron chi connectivity index (χ4n) is 3.05. The van der Waals surface area contributed by atoms with Crippen molar-refractivity contribution in [1.82, 2.24) is 25.1 Å². The minimum absolute atomic E-state index is 0.166. The van der Waals surface area contributed by atoms with Crippen molar-refractivity contribution < 1.29 is 4.92 Å². The number of benzene rings is 1. The monoisotopic (exact) mass is 345 g/mol. The Hall–Kier alpha value is -2.55. The zero-order chi connectivity index (χ0) is 17.6. The Morgan fingerprint density at radius 2 is 1.96 bits per heavy atom. The van der Waals surface area contributed by atoms with E-state index < -0.39 is 0 Å². The smallest absolute Gasteiger partial charge is 0.292 e. The summed E-state index contributed by atoms with van der Waals surface area (Å²) in [5.41, 5.74) is 0.861. The van der Waals surface area contributed by atoms with Crippen molar-refractivity contribution in [2.75, 3.05) is 31.1 Å². The Labute approximate surface area is 146 Å². The van der Waals surface area contributed by atoms with Gasteiger partial charge in [0, 0.05) is 38.8 Å². The van der Waals surface area contributed by atoms with Gasteiger partial charge in [-0.25, -0.2) is 4.68 Å². The summed E-state index contributed by atoms with van der Waals surface area (Å²) in [5, 5.41) is 23.2. The number of nitro benzene ring substituents is 1. The first kappa shape index (κ1) is 17.3. The van der Waals surface area contributed by atoms with Crippen molar-refractivity contribution in [2.24, 2.45) is 0 Å². The van der Waals surface area contributed by atoms with Crippen molar-refractivity contribution in [2.45, 2.75) is 32.9 Å². The van der Waals surface area contributed by atoms with Crippen molar-refractivity contribution in [3.8, 4) is 0 Å². The largest absolute Gasteiger partial charge is 0.363 e. The molecule has 1 fully saturated rings. The minimum Gasteiger partial charge on any atom is -0.363 e. The maximum Gasteiger partial charge on any atom is 0.292 e. The van der Waals surface area contributed by atoms with Crippen LogP contribution in [0.5, 0.6) is 0 Å². The molecular weight excluding hydrogens is 322 g/mol. The maximum absolute atomic E-state index is 11.2. The summed E-state index contributed by atoms with van der Waals surface area (Å²) in [7, 11) is 0. The van der Waals surface area contributed by atoms with E-state index in [2.05, 4.69) is 32.2 Å². The molecule has 9 heteroatoms. The molecule has 2 heterocycles. The first-order valence-electron chi connectivity index (χ1n) is 8.64. The van der Waals surface area contributed by atoms with Gasteiger partial charge >= 0.3 is 0 Å². The average Bonchev–Trinajstić information content (AvgIpc) is 3.07. The van der Waals surface area contributed by atoms with Gasteiger partial charge in [0.15, 0.2) is 5.82 Å². The highest BCUT2D eigenvalue weighted by atomic mass is 16.6. The van der Waals surface area contributed by atoms with Crippen molar-refractivity contribution >= 4 is 11.4 Å². The predicted octanol–water partition coefficient (Wildman–Crippen LogP) is 1.70. The topological polar surface area (TPSA) is 93.2 Å². The van der Waals surface area contributed by atoms with Gasteiger partial charge in [-0.1, -0.05) is 25.5 Å². The Morgan fingerprint density at radius 1 is 1.20 bits per heavy atom. The number of unbranched alkanes of at least 4 members (excludes halogenated alkanes) is 1. The minimum atomic E-state index is -0.316. The number of nitro groups is 1. The second-order valence-corrected chi connectivity index (χ2v) is 6.18. The Bertz CT molecular complexity index is 710. The maximum atomic E-state index is 11.2. The zero-order valence-electron chi connectivity index (χ0n) is 14.4. The van der Waals surface area contributed by atoms with Gasteiger partial charge in [-0.15, -0.1) is 5.10 Å². The Balaban J connectivity index is 1.59. The van der Waals surface area contributed by atoms with Gasteiger partial charge in [0.1, 0.15) is 5.69 Å². The van der Waals surface area contributed by atoms with Gasteiger partial charge < -0.3 is 4.90 Å². The van der Waals surface area contributed by atoms with Gasteiger partial charge in [0.05, 0.1) is 11.5 Å². The highest BCUT2D eigenvalue weighted by molar-refractivity contribution is 5.63. The number of piperazine rings is 1. The third kappa shape index (κ3) is 4.11. The molecule has 0 amide bonds. The fraction of sp³-hybridized carbons (Fsp3) is 0.562. The molecule has 9 nitrogen and oxygen atoms in total. The van der Waals surface area contributed by atoms with Crippen LogP contribution in [0.2, 0.25) is 0 Å². The van der Waals surface area contributed by atoms with Gasteiger partial charge in [0.2, 0.25) is 0 Å². The van der Waals surface area contributed by atoms with E-state index in [1.165, 1.54) is 0 Å². The highest BCUT2D eigenvalue weighted by Gasteiger charge is 2.24. The summed E-state index contributed by atoms with van der Waals surface area (Å²) in [6.07, 6.45) is 2.16. The second kappa shape index (κ2) is 8.02. The van der Waals surface area contributed by atoms with Crippen molar-refractivity contribution in [3.05, 3.63) is 40.2 Å². The van der Waals surface area contributed by atoms with E-state index in [-0.39, 0.29) is 10.6 Å². The van der Waals surface area contributed by atoms with Crippen LogP contribution < -0.4 is 4.90 Å². The summed E-state index contributed by atoms with van der Waals surface area (Å²) in [5.74, 6) is 0.882. The zero-order valence-corrected chi connectivity index (χ0v) is 14.4. The molecule has 25 heavy (non-hydrogen) atoms. The SMILES string of the molecule is CCCCn1nnnc1CN1CCN(c2ccccc2[N+](=O)[O-])CC1. The van der Waals surface area contributed by atoms with E-state index in [9.17, 15) is 10.1 Å². The average molecular weight is 345 g/mol. The lowest BCUT2D eigenvalue weighted by molar-refractivity contribution is -0.384. The van der Waals surface area contributed by atoms with Crippen LogP contribution in [0.3, 0.4) is 0 Å². The number of hydrogen-bond acceptors (Lipinski definition) is 7. The molecule has 0 bridgehead atoms. The van der Waals surface area contributed by atoms with Crippen LogP contribution in [0.25, 0.3) is 0 Å². The fourth-order valence-corrected chi connectivity index (χ4v) is 3.05. The Kier molecular flexibility index (Phi) is 5.54. The molecule has 0 unspecified atom stereocenters. The first-order chi connectivity index (χ1) is 12.2. The molecule has 0 radical (unpaired) electrons. The highest BCUT2D eigenvalue weighted by Crippen LogP contribution is 2.28. The lowest BCUT2D eigenvalue weighted by Gasteiger charge is -2.35. The normalized spacial score (nSPS) is 15.5. The molecule has 1 aromatic carbocycles. The molecule has 134 valence electrons. The molecule has 1 aliphatic heterocycles. The molecule has 3 rings (SSSR count). The predicted molar refractivity (Wildman–Crippen MR) is 93.3 cm³/mol. The molecular formula is C16H23N7O2. The molecule has 0 atom stereocenters. The van der Waals surface area contributed by atoms with E-state index in [0.717, 1.165) is 51.4 Å². The molecule has 1 aliphatic rings.